The Bertz CT molecular complexity index is 1910. The Kier molecular flexibility index (Phi) is 26.9. The molecule has 8 amide bonds. The van der Waals surface area contributed by atoms with Crippen LogP contribution in [0.15, 0.2) is 40.3 Å². The summed E-state index contributed by atoms with van der Waals surface area (Å²) >= 11 is 0. The standard InChI is InChI=1S/C43H73N15O10/c1-23(2)18-31(58-37(63)28(44)20-27-12-8-7-9-13-27)40(66)57-29(14-10-16-49-42(45)46)38(64)52-22-33(59)55-30(15-11-17-50-43(47)48)39(65)54-26(6)36(62)53-25(5)35(61)51-21-34(60)56-32(41(67)68)19-24(3)4/h7-9,12-13,23-26,28-32H,10-11,14-22,44H2,1-6H3,(H,51,61)(H,52,64)(H,53,62)(H,54,65)(H,55,59)(H,56,60)(H,57,66)(H,58,63)(H,67,68)(H4,45,46,49)(H4,47,48,50)/t25-,26-,28-,29-,30-,31-,32-/m0/s1. The maximum atomic E-state index is 13.7. The third kappa shape index (κ3) is 25.0. The molecule has 0 aliphatic heterocycles. The number of aliphatic carboxylic acids is 1. The van der Waals surface area contributed by atoms with Gasteiger partial charge in [-0.3, -0.25) is 48.3 Å². The van der Waals surface area contributed by atoms with Crippen molar-refractivity contribution in [1.29, 1.82) is 0 Å². The molecule has 7 atom stereocenters. The third-order valence-corrected chi connectivity index (χ3v) is 9.84. The third-order valence-electron chi connectivity index (χ3n) is 9.84. The molecule has 68 heavy (non-hydrogen) atoms. The maximum absolute atomic E-state index is 13.7. The van der Waals surface area contributed by atoms with Crippen LogP contribution in [0.25, 0.3) is 0 Å². The summed E-state index contributed by atoms with van der Waals surface area (Å²) in [5.74, 6) is -7.69. The average molecular weight is 960 g/mol. The first-order chi connectivity index (χ1) is 31.9. The second-order valence-corrected chi connectivity index (χ2v) is 17.0. The minimum absolute atomic E-state index is 0.0167. The summed E-state index contributed by atoms with van der Waals surface area (Å²) < 4.78 is 0. The minimum atomic E-state index is -1.28. The predicted octanol–water partition coefficient (Wildman–Crippen LogP) is -3.98. The van der Waals surface area contributed by atoms with Gasteiger partial charge in [-0.1, -0.05) is 58.0 Å². The quantitative estimate of drug-likeness (QED) is 0.0192. The SMILES string of the molecule is CC(C)C[C@H](NC(=O)CNC(=O)[C@H](C)NC(=O)[C@H](C)NC(=O)[C@H](CCCN=C(N)N)NC(=O)CNC(=O)[C@H](CCCN=C(N)N)NC(=O)[C@H](CC(C)C)NC(=O)[C@@H](N)Cc1ccccc1)C(=O)O. The number of carboxylic acid groups (broad SMARTS) is 1. The summed E-state index contributed by atoms with van der Waals surface area (Å²) in [5, 5.41) is 29.2. The number of aliphatic imine (C=N–C) groups is 2. The van der Waals surface area contributed by atoms with E-state index in [1.807, 2.05) is 44.2 Å². The van der Waals surface area contributed by atoms with Gasteiger partial charge in [-0.2, -0.15) is 0 Å². The normalized spacial score (nSPS) is 14.0. The molecule has 0 aliphatic rings. The summed E-state index contributed by atoms with van der Waals surface area (Å²) in [4.78, 5) is 124. The lowest BCUT2D eigenvalue weighted by Gasteiger charge is -2.25. The van der Waals surface area contributed by atoms with E-state index < -0.39 is 109 Å². The molecule has 0 spiro atoms. The van der Waals surface area contributed by atoms with Gasteiger partial charge in [0.2, 0.25) is 47.3 Å². The van der Waals surface area contributed by atoms with E-state index in [0.29, 0.717) is 0 Å². The number of nitrogens with one attached hydrogen (secondary N) is 8. The molecular formula is C43H73N15O10. The van der Waals surface area contributed by atoms with E-state index in [0.717, 1.165) is 5.56 Å². The van der Waals surface area contributed by atoms with Crippen molar-refractivity contribution in [2.45, 2.75) is 129 Å². The summed E-state index contributed by atoms with van der Waals surface area (Å²) in [6, 6.07) is 0.947. The molecule has 0 radical (unpaired) electrons. The Morgan fingerprint density at radius 3 is 1.46 bits per heavy atom. The number of carbonyl (C=O) groups excluding carboxylic acids is 8. The molecule has 0 unspecified atom stereocenters. The largest absolute Gasteiger partial charge is 0.480 e. The zero-order valence-electron chi connectivity index (χ0n) is 39.8. The van der Waals surface area contributed by atoms with Crippen LogP contribution in [-0.2, 0) is 49.6 Å². The van der Waals surface area contributed by atoms with Crippen LogP contribution in [0.4, 0.5) is 0 Å². The van der Waals surface area contributed by atoms with Crippen LogP contribution in [-0.4, -0.2) is 139 Å². The van der Waals surface area contributed by atoms with E-state index in [2.05, 4.69) is 52.5 Å². The second-order valence-electron chi connectivity index (χ2n) is 17.0. The molecular weight excluding hydrogens is 887 g/mol. The van der Waals surface area contributed by atoms with Gasteiger partial charge >= 0.3 is 5.97 Å². The summed E-state index contributed by atoms with van der Waals surface area (Å²) in [6.07, 6.45) is 0.998. The topological polar surface area (TPSA) is 425 Å². The highest BCUT2D eigenvalue weighted by atomic mass is 16.4. The Labute approximate surface area is 396 Å². The fraction of sp³-hybridized carbons (Fsp3) is 0.605. The highest BCUT2D eigenvalue weighted by Gasteiger charge is 2.30. The maximum Gasteiger partial charge on any atom is 0.326 e. The van der Waals surface area contributed by atoms with Gasteiger partial charge in [-0.25, -0.2) is 4.79 Å². The van der Waals surface area contributed by atoms with Crippen LogP contribution >= 0.6 is 0 Å². The van der Waals surface area contributed by atoms with Gasteiger partial charge in [0, 0.05) is 13.1 Å². The number of benzene rings is 1. The lowest BCUT2D eigenvalue weighted by molar-refractivity contribution is -0.142. The molecule has 0 heterocycles. The first kappa shape index (κ1) is 59.0. The van der Waals surface area contributed by atoms with E-state index in [1.54, 1.807) is 13.8 Å². The van der Waals surface area contributed by atoms with Crippen molar-refractivity contribution in [2.75, 3.05) is 26.2 Å². The number of hydrogen-bond acceptors (Lipinski definition) is 12. The number of guanidine groups is 2. The van der Waals surface area contributed by atoms with Gasteiger partial charge in [-0.05, 0) is 76.2 Å². The number of nitrogens with zero attached hydrogens (tertiary/aromatic N) is 2. The molecule has 0 aliphatic carbocycles. The molecule has 1 aromatic carbocycles. The molecule has 0 bridgehead atoms. The van der Waals surface area contributed by atoms with Crippen molar-refractivity contribution in [1.82, 2.24) is 42.5 Å². The predicted molar refractivity (Wildman–Crippen MR) is 253 cm³/mol. The fourth-order valence-electron chi connectivity index (χ4n) is 6.34. The van der Waals surface area contributed by atoms with Gasteiger partial charge in [0.15, 0.2) is 11.9 Å². The van der Waals surface area contributed by atoms with Crippen LogP contribution in [0.2, 0.25) is 0 Å². The van der Waals surface area contributed by atoms with E-state index >= 15 is 0 Å². The molecule has 25 heteroatoms. The van der Waals surface area contributed by atoms with Crippen molar-refractivity contribution >= 4 is 65.1 Å². The van der Waals surface area contributed by atoms with Crippen LogP contribution in [0, 0.1) is 11.8 Å². The molecule has 1 rings (SSSR count). The Balaban J connectivity index is 3.04. The average Bonchev–Trinajstić information content (AvgIpc) is 3.25. The smallest absolute Gasteiger partial charge is 0.326 e. The summed E-state index contributed by atoms with van der Waals surface area (Å²) in [7, 11) is 0. The lowest BCUT2D eigenvalue weighted by Crippen LogP contribution is -2.57. The molecule has 380 valence electrons. The van der Waals surface area contributed by atoms with E-state index in [4.69, 9.17) is 28.7 Å². The summed E-state index contributed by atoms with van der Waals surface area (Å²) in [5.41, 5.74) is 28.7. The molecule has 19 N–H and O–H groups in total. The Morgan fingerprint density at radius 2 is 0.956 bits per heavy atom. The van der Waals surface area contributed by atoms with E-state index in [1.165, 1.54) is 13.8 Å². The van der Waals surface area contributed by atoms with Crippen molar-refractivity contribution in [3.63, 3.8) is 0 Å². The number of rotatable bonds is 31. The van der Waals surface area contributed by atoms with Crippen molar-refractivity contribution in [3.05, 3.63) is 35.9 Å². The van der Waals surface area contributed by atoms with Gasteiger partial charge < -0.3 is 76.3 Å². The minimum Gasteiger partial charge on any atom is -0.480 e. The highest BCUT2D eigenvalue weighted by molar-refractivity contribution is 5.97. The molecule has 1 aromatic rings. The van der Waals surface area contributed by atoms with Crippen LogP contribution in [0.1, 0.15) is 85.6 Å². The van der Waals surface area contributed by atoms with E-state index in [-0.39, 0.29) is 81.8 Å². The molecule has 0 saturated heterocycles. The van der Waals surface area contributed by atoms with Crippen molar-refractivity contribution < 1.29 is 48.3 Å². The van der Waals surface area contributed by atoms with E-state index in [9.17, 15) is 48.3 Å². The van der Waals surface area contributed by atoms with Crippen LogP contribution < -0.4 is 71.2 Å². The number of amides is 8. The number of hydrogen-bond donors (Lipinski definition) is 14. The lowest BCUT2D eigenvalue weighted by atomic mass is 10.0. The monoisotopic (exact) mass is 960 g/mol. The number of carbonyl (C=O) groups is 9. The highest BCUT2D eigenvalue weighted by Crippen LogP contribution is 2.10. The zero-order valence-corrected chi connectivity index (χ0v) is 39.8. The van der Waals surface area contributed by atoms with Gasteiger partial charge in [-0.15, -0.1) is 0 Å². The molecule has 0 saturated carbocycles. The Morgan fingerprint density at radius 1 is 0.529 bits per heavy atom. The molecule has 0 fully saturated rings. The first-order valence-corrected chi connectivity index (χ1v) is 22.4. The summed E-state index contributed by atoms with van der Waals surface area (Å²) in [6.45, 7) is 8.88. The molecule has 25 nitrogen and oxygen atoms in total. The fourth-order valence-corrected chi connectivity index (χ4v) is 6.34. The second kappa shape index (κ2) is 31.0. The molecule has 0 aromatic heterocycles. The van der Waals surface area contributed by atoms with Crippen LogP contribution in [0.3, 0.4) is 0 Å². The number of carboxylic acids is 1. The van der Waals surface area contributed by atoms with Gasteiger partial charge in [0.25, 0.3) is 0 Å². The zero-order chi connectivity index (χ0) is 51.5. The van der Waals surface area contributed by atoms with Gasteiger partial charge in [0.1, 0.15) is 36.3 Å². The number of nitrogens with two attached hydrogens (primary N) is 5. The first-order valence-electron chi connectivity index (χ1n) is 22.4. The van der Waals surface area contributed by atoms with Gasteiger partial charge in [0.05, 0.1) is 19.1 Å². The van der Waals surface area contributed by atoms with Crippen molar-refractivity contribution in [3.8, 4) is 0 Å². The Hall–Kier alpha value is -7.05. The van der Waals surface area contributed by atoms with Crippen molar-refractivity contribution in [2.24, 2.45) is 50.5 Å². The van der Waals surface area contributed by atoms with Crippen LogP contribution in [0.5, 0.6) is 0 Å².